The van der Waals surface area contributed by atoms with Crippen LogP contribution in [0.3, 0.4) is 0 Å². The summed E-state index contributed by atoms with van der Waals surface area (Å²) >= 11 is 0. The van der Waals surface area contributed by atoms with Crippen molar-refractivity contribution in [2.24, 2.45) is 0 Å². The number of imidazole rings is 1. The molecule has 3 aromatic rings. The van der Waals surface area contributed by atoms with Crippen LogP contribution in [0.25, 0.3) is 0 Å². The predicted octanol–water partition coefficient (Wildman–Crippen LogP) is 3.08. The molecule has 0 bridgehead atoms. The fourth-order valence-electron chi connectivity index (χ4n) is 3.43. The molecule has 2 aromatic heterocycles. The molecule has 162 valence electrons. The Morgan fingerprint density at radius 2 is 1.84 bits per heavy atom. The molecule has 1 N–H and O–H groups in total. The summed E-state index contributed by atoms with van der Waals surface area (Å²) in [5.41, 5.74) is 1.06. The van der Waals surface area contributed by atoms with Crippen LogP contribution in [0, 0.1) is 0 Å². The van der Waals surface area contributed by atoms with E-state index in [1.165, 1.54) is 18.7 Å². The zero-order valence-electron chi connectivity index (χ0n) is 16.6. The average Bonchev–Trinajstić information content (AvgIpc) is 3.47. The molecule has 2 amide bonds. The van der Waals surface area contributed by atoms with Crippen molar-refractivity contribution in [1.29, 1.82) is 0 Å². The third-order valence-corrected chi connectivity index (χ3v) is 5.12. The maximum absolute atomic E-state index is 13.0. The van der Waals surface area contributed by atoms with Crippen LogP contribution in [-0.4, -0.2) is 57.3 Å². The molecule has 10 heteroatoms. The van der Waals surface area contributed by atoms with Crippen LogP contribution in [0.2, 0.25) is 0 Å². The largest absolute Gasteiger partial charge is 0.459 e. The number of halogens is 2. The predicted molar refractivity (Wildman–Crippen MR) is 108 cm³/mol. The summed E-state index contributed by atoms with van der Waals surface area (Å²) < 4.78 is 31.8. The fourth-order valence-corrected chi connectivity index (χ4v) is 3.43. The lowest BCUT2D eigenvalue weighted by Gasteiger charge is -2.34. The number of amides is 2. The topological polar surface area (TPSA) is 83.6 Å². The summed E-state index contributed by atoms with van der Waals surface area (Å²) in [6.45, 7) is -0.190. The number of piperazine rings is 1. The lowest BCUT2D eigenvalue weighted by Crippen LogP contribution is -2.48. The van der Waals surface area contributed by atoms with E-state index in [0.29, 0.717) is 49.8 Å². The SMILES string of the molecule is O=C(Nc1ccc(C(=O)N2CCN(Cc3nccn3C(F)F)CC2)cc1)c1ccco1. The molecule has 1 aliphatic heterocycles. The van der Waals surface area contributed by atoms with Crippen LogP contribution in [0.5, 0.6) is 0 Å². The molecule has 0 radical (unpaired) electrons. The first-order valence-electron chi connectivity index (χ1n) is 9.77. The number of furan rings is 1. The summed E-state index contributed by atoms with van der Waals surface area (Å²) in [5.74, 6) is 0.0290. The van der Waals surface area contributed by atoms with Gasteiger partial charge in [-0.25, -0.2) is 4.98 Å². The maximum atomic E-state index is 13.0. The van der Waals surface area contributed by atoms with E-state index in [-0.39, 0.29) is 17.6 Å². The van der Waals surface area contributed by atoms with Gasteiger partial charge in [-0.3, -0.25) is 19.1 Å². The van der Waals surface area contributed by atoms with Gasteiger partial charge in [0.05, 0.1) is 12.8 Å². The zero-order valence-corrected chi connectivity index (χ0v) is 16.6. The van der Waals surface area contributed by atoms with Gasteiger partial charge in [0.1, 0.15) is 5.82 Å². The molecule has 0 spiro atoms. The molecule has 8 nitrogen and oxygen atoms in total. The molecule has 3 heterocycles. The number of hydrogen-bond acceptors (Lipinski definition) is 5. The Morgan fingerprint density at radius 3 is 2.48 bits per heavy atom. The van der Waals surface area contributed by atoms with Crippen LogP contribution in [-0.2, 0) is 6.54 Å². The first kappa shape index (κ1) is 20.7. The fraction of sp³-hybridized carbons (Fsp3) is 0.286. The molecule has 31 heavy (non-hydrogen) atoms. The van der Waals surface area contributed by atoms with E-state index in [4.69, 9.17) is 4.42 Å². The Bertz CT molecular complexity index is 1030. The molecule has 1 fully saturated rings. The van der Waals surface area contributed by atoms with E-state index in [1.807, 2.05) is 4.90 Å². The minimum absolute atomic E-state index is 0.113. The third kappa shape index (κ3) is 4.80. The number of carbonyl (C=O) groups excluding carboxylic acids is 2. The number of anilines is 1. The minimum atomic E-state index is -2.62. The summed E-state index contributed by atoms with van der Waals surface area (Å²) in [6, 6.07) is 9.83. The molecule has 4 rings (SSSR count). The van der Waals surface area contributed by atoms with E-state index in [0.717, 1.165) is 4.57 Å². The molecule has 1 aliphatic rings. The highest BCUT2D eigenvalue weighted by Gasteiger charge is 2.24. The lowest BCUT2D eigenvalue weighted by atomic mass is 10.1. The maximum Gasteiger partial charge on any atom is 0.319 e. The normalized spacial score (nSPS) is 14.7. The van der Waals surface area contributed by atoms with Crippen molar-refractivity contribution in [1.82, 2.24) is 19.4 Å². The van der Waals surface area contributed by atoms with Crippen LogP contribution in [0.15, 0.2) is 59.5 Å². The number of hydrogen-bond donors (Lipinski definition) is 1. The van der Waals surface area contributed by atoms with Crippen LogP contribution < -0.4 is 5.32 Å². The quantitative estimate of drug-likeness (QED) is 0.651. The number of nitrogens with zero attached hydrogens (tertiary/aromatic N) is 4. The lowest BCUT2D eigenvalue weighted by molar-refractivity contribution is 0.0555. The van der Waals surface area contributed by atoms with E-state index in [2.05, 4.69) is 10.3 Å². The highest BCUT2D eigenvalue weighted by molar-refractivity contribution is 6.02. The second-order valence-electron chi connectivity index (χ2n) is 7.11. The second-order valence-corrected chi connectivity index (χ2v) is 7.11. The molecule has 0 unspecified atom stereocenters. The van der Waals surface area contributed by atoms with Crippen molar-refractivity contribution >= 4 is 17.5 Å². The first-order chi connectivity index (χ1) is 15.0. The number of alkyl halides is 2. The van der Waals surface area contributed by atoms with Crippen molar-refractivity contribution in [2.75, 3.05) is 31.5 Å². The van der Waals surface area contributed by atoms with E-state index >= 15 is 0 Å². The standard InChI is InChI=1S/C21H21F2N5O3/c22-21(23)28-8-7-24-18(28)14-26-9-11-27(12-10-26)20(30)15-3-5-16(6-4-15)25-19(29)17-2-1-13-31-17/h1-8,13,21H,9-12,14H2,(H,25,29). The highest BCUT2D eigenvalue weighted by atomic mass is 19.3. The number of nitrogens with one attached hydrogen (secondary N) is 1. The van der Waals surface area contributed by atoms with Gasteiger partial charge in [-0.05, 0) is 36.4 Å². The van der Waals surface area contributed by atoms with Crippen molar-refractivity contribution in [3.8, 4) is 0 Å². The molecular formula is C21H21F2N5O3. The van der Waals surface area contributed by atoms with Crippen LogP contribution >= 0.6 is 0 Å². The van der Waals surface area contributed by atoms with E-state index in [9.17, 15) is 18.4 Å². The van der Waals surface area contributed by atoms with Crippen molar-refractivity contribution < 1.29 is 22.8 Å². The Hall–Kier alpha value is -3.53. The number of rotatable bonds is 6. The summed E-state index contributed by atoms with van der Waals surface area (Å²) in [4.78, 5) is 32.5. The van der Waals surface area contributed by atoms with Crippen molar-refractivity contribution in [2.45, 2.75) is 13.1 Å². The summed E-state index contributed by atoms with van der Waals surface area (Å²) in [7, 11) is 0. The number of carbonyl (C=O) groups is 2. The van der Waals surface area contributed by atoms with E-state index < -0.39 is 6.55 Å². The Labute approximate surface area is 177 Å². The third-order valence-electron chi connectivity index (χ3n) is 5.12. The van der Waals surface area contributed by atoms with Crippen LogP contribution in [0.1, 0.15) is 33.3 Å². The van der Waals surface area contributed by atoms with Crippen molar-refractivity contribution in [3.05, 3.63) is 72.2 Å². The molecule has 0 atom stereocenters. The molecular weight excluding hydrogens is 408 g/mol. The van der Waals surface area contributed by atoms with Gasteiger partial charge in [-0.15, -0.1) is 0 Å². The summed E-state index contributed by atoms with van der Waals surface area (Å²) in [5, 5.41) is 2.70. The Kier molecular flexibility index (Phi) is 6.08. The number of benzene rings is 1. The highest BCUT2D eigenvalue weighted by Crippen LogP contribution is 2.17. The molecule has 0 aliphatic carbocycles. The molecule has 1 saturated heterocycles. The van der Waals surface area contributed by atoms with Crippen LogP contribution in [0.4, 0.5) is 14.5 Å². The van der Waals surface area contributed by atoms with Gasteiger partial charge >= 0.3 is 6.55 Å². The monoisotopic (exact) mass is 429 g/mol. The smallest absolute Gasteiger partial charge is 0.319 e. The first-order valence-corrected chi connectivity index (χ1v) is 9.77. The van der Waals surface area contributed by atoms with Gasteiger partial charge in [0.15, 0.2) is 5.76 Å². The van der Waals surface area contributed by atoms with Gasteiger partial charge in [0.2, 0.25) is 0 Å². The Balaban J connectivity index is 1.30. The Morgan fingerprint density at radius 1 is 1.10 bits per heavy atom. The average molecular weight is 429 g/mol. The van der Waals surface area contributed by atoms with Gasteiger partial charge in [0.25, 0.3) is 11.8 Å². The number of aromatic nitrogens is 2. The van der Waals surface area contributed by atoms with Gasteiger partial charge in [-0.2, -0.15) is 8.78 Å². The van der Waals surface area contributed by atoms with Gasteiger partial charge < -0.3 is 14.6 Å². The zero-order chi connectivity index (χ0) is 21.8. The second kappa shape index (κ2) is 9.09. The molecule has 0 saturated carbocycles. The van der Waals surface area contributed by atoms with Gasteiger partial charge in [0, 0.05) is 49.8 Å². The summed E-state index contributed by atoms with van der Waals surface area (Å²) in [6.07, 6.45) is 4.05. The van der Waals surface area contributed by atoms with E-state index in [1.54, 1.807) is 41.3 Å². The van der Waals surface area contributed by atoms with Crippen molar-refractivity contribution in [3.63, 3.8) is 0 Å². The molecule has 1 aromatic carbocycles. The van der Waals surface area contributed by atoms with Gasteiger partial charge in [-0.1, -0.05) is 0 Å². The minimum Gasteiger partial charge on any atom is -0.459 e.